The number of β-amino-alcohol motifs (C(OH)–C–C–N with tert-alkyl or cyclic N) is 1. The molecule has 0 aromatic carbocycles. The number of nitrogens with zero attached hydrogens (tertiary/aromatic N) is 4. The van der Waals surface area contributed by atoms with Gasteiger partial charge in [-0.3, -0.25) is 0 Å². The Morgan fingerprint density at radius 2 is 2.19 bits per heavy atom. The zero-order valence-corrected chi connectivity index (χ0v) is 12.3. The van der Waals surface area contributed by atoms with Gasteiger partial charge >= 0.3 is 0 Å². The van der Waals surface area contributed by atoms with Crippen LogP contribution >= 0.6 is 0 Å². The highest BCUT2D eigenvalue weighted by Gasteiger charge is 2.26. The number of anilines is 1. The minimum Gasteiger partial charge on any atom is -0.392 e. The lowest BCUT2D eigenvalue weighted by molar-refractivity contribution is 0.167. The van der Waals surface area contributed by atoms with Crippen LogP contribution < -0.4 is 4.90 Å². The average Bonchev–Trinajstić information content (AvgIpc) is 2.93. The van der Waals surface area contributed by atoms with Gasteiger partial charge in [0.05, 0.1) is 11.7 Å². The fraction of sp³-hybridized carbons (Fsp3) is 0.625. The number of aromatic nitrogens is 1. The molecule has 2 aliphatic rings. The summed E-state index contributed by atoms with van der Waals surface area (Å²) in [7, 11) is 0. The lowest BCUT2D eigenvalue weighted by Gasteiger charge is -2.35. The zero-order valence-electron chi connectivity index (χ0n) is 12.3. The first-order valence-corrected chi connectivity index (χ1v) is 7.76. The van der Waals surface area contributed by atoms with Crippen molar-refractivity contribution >= 4 is 5.82 Å². The Labute approximate surface area is 125 Å². The molecule has 0 radical (unpaired) electrons. The maximum Gasteiger partial charge on any atom is 0.128 e. The van der Waals surface area contributed by atoms with Gasteiger partial charge in [-0.1, -0.05) is 0 Å². The SMILES string of the molecule is N#Cc1ccc(N2CCC[C@@H](CN3CC[C@H](O)C3)C2)nc1. The number of hydrogen-bond donors (Lipinski definition) is 1. The number of nitriles is 1. The second kappa shape index (κ2) is 6.42. The molecule has 0 saturated carbocycles. The van der Waals surface area contributed by atoms with Crippen molar-refractivity contribution in [3.05, 3.63) is 23.9 Å². The van der Waals surface area contributed by atoms with Gasteiger partial charge in [-0.15, -0.1) is 0 Å². The molecule has 2 saturated heterocycles. The minimum atomic E-state index is -0.134. The van der Waals surface area contributed by atoms with Gasteiger partial charge in [0.1, 0.15) is 11.9 Å². The smallest absolute Gasteiger partial charge is 0.128 e. The number of piperidine rings is 1. The number of rotatable bonds is 3. The molecular weight excluding hydrogens is 264 g/mol. The van der Waals surface area contributed by atoms with E-state index in [1.165, 1.54) is 12.8 Å². The predicted octanol–water partition coefficient (Wildman–Crippen LogP) is 1.24. The molecule has 5 nitrogen and oxygen atoms in total. The van der Waals surface area contributed by atoms with Crippen LogP contribution in [0.25, 0.3) is 0 Å². The van der Waals surface area contributed by atoms with Crippen molar-refractivity contribution in [3.63, 3.8) is 0 Å². The predicted molar refractivity (Wildman–Crippen MR) is 81.0 cm³/mol. The van der Waals surface area contributed by atoms with E-state index >= 15 is 0 Å². The quantitative estimate of drug-likeness (QED) is 0.905. The topological polar surface area (TPSA) is 63.4 Å². The van der Waals surface area contributed by atoms with Crippen LogP contribution in [0, 0.1) is 17.2 Å². The molecule has 2 aliphatic heterocycles. The van der Waals surface area contributed by atoms with Crippen LogP contribution in [-0.4, -0.2) is 53.8 Å². The summed E-state index contributed by atoms with van der Waals surface area (Å²) in [6, 6.07) is 5.89. The molecule has 1 aromatic rings. The summed E-state index contributed by atoms with van der Waals surface area (Å²) in [4.78, 5) is 9.10. The first-order valence-electron chi connectivity index (χ1n) is 7.76. The lowest BCUT2D eigenvalue weighted by atomic mass is 9.97. The van der Waals surface area contributed by atoms with Crippen molar-refractivity contribution in [1.82, 2.24) is 9.88 Å². The van der Waals surface area contributed by atoms with E-state index in [-0.39, 0.29) is 6.10 Å². The van der Waals surface area contributed by atoms with Gasteiger partial charge in [-0.2, -0.15) is 5.26 Å². The minimum absolute atomic E-state index is 0.134. The Balaban J connectivity index is 1.58. The summed E-state index contributed by atoms with van der Waals surface area (Å²) in [5.74, 6) is 1.61. The summed E-state index contributed by atoms with van der Waals surface area (Å²) in [5.41, 5.74) is 0.610. The lowest BCUT2D eigenvalue weighted by Crippen LogP contribution is -2.41. The fourth-order valence-corrected chi connectivity index (χ4v) is 3.40. The number of likely N-dealkylation sites (tertiary alicyclic amines) is 1. The van der Waals surface area contributed by atoms with E-state index in [1.807, 2.05) is 12.1 Å². The van der Waals surface area contributed by atoms with Crippen LogP contribution in [0.4, 0.5) is 5.82 Å². The van der Waals surface area contributed by atoms with Crippen LogP contribution in [0.1, 0.15) is 24.8 Å². The third-order valence-electron chi connectivity index (χ3n) is 4.48. The molecule has 3 rings (SSSR count). The van der Waals surface area contributed by atoms with Crippen LogP contribution in [-0.2, 0) is 0 Å². The molecule has 0 amide bonds. The van der Waals surface area contributed by atoms with Gasteiger partial charge in [0.2, 0.25) is 0 Å². The highest BCUT2D eigenvalue weighted by Crippen LogP contribution is 2.23. The van der Waals surface area contributed by atoms with Crippen molar-refractivity contribution in [3.8, 4) is 6.07 Å². The summed E-state index contributed by atoms with van der Waals surface area (Å²) >= 11 is 0. The largest absolute Gasteiger partial charge is 0.392 e. The van der Waals surface area contributed by atoms with E-state index in [2.05, 4.69) is 20.9 Å². The molecule has 3 heterocycles. The van der Waals surface area contributed by atoms with E-state index in [4.69, 9.17) is 5.26 Å². The van der Waals surface area contributed by atoms with Crippen LogP contribution in [0.2, 0.25) is 0 Å². The van der Waals surface area contributed by atoms with E-state index in [1.54, 1.807) is 6.20 Å². The van der Waals surface area contributed by atoms with E-state index in [0.717, 1.165) is 45.0 Å². The normalized spacial score (nSPS) is 26.8. The molecule has 0 spiro atoms. The van der Waals surface area contributed by atoms with Gasteiger partial charge < -0.3 is 14.9 Å². The van der Waals surface area contributed by atoms with Crippen molar-refractivity contribution < 1.29 is 5.11 Å². The number of hydrogen-bond acceptors (Lipinski definition) is 5. The summed E-state index contributed by atoms with van der Waals surface area (Å²) in [5, 5.41) is 18.5. The van der Waals surface area contributed by atoms with Gasteiger partial charge in [-0.05, 0) is 37.3 Å². The van der Waals surface area contributed by atoms with Crippen molar-refractivity contribution in [2.45, 2.75) is 25.4 Å². The average molecular weight is 286 g/mol. The Hall–Kier alpha value is -1.64. The van der Waals surface area contributed by atoms with E-state index in [9.17, 15) is 5.11 Å². The fourth-order valence-electron chi connectivity index (χ4n) is 3.40. The van der Waals surface area contributed by atoms with Crippen LogP contribution in [0.5, 0.6) is 0 Å². The molecule has 1 aromatic heterocycles. The second-order valence-electron chi connectivity index (χ2n) is 6.17. The Kier molecular flexibility index (Phi) is 4.37. The Morgan fingerprint density at radius 1 is 1.29 bits per heavy atom. The highest BCUT2D eigenvalue weighted by molar-refractivity contribution is 5.42. The summed E-state index contributed by atoms with van der Waals surface area (Å²) in [6.45, 7) is 4.98. The molecule has 2 fully saturated rings. The Bertz CT molecular complexity index is 510. The molecule has 21 heavy (non-hydrogen) atoms. The maximum atomic E-state index is 9.62. The van der Waals surface area contributed by atoms with Crippen LogP contribution in [0.15, 0.2) is 18.3 Å². The molecule has 0 bridgehead atoms. The number of pyridine rings is 1. The number of aliphatic hydroxyl groups is 1. The molecule has 0 unspecified atom stereocenters. The second-order valence-corrected chi connectivity index (χ2v) is 6.17. The Morgan fingerprint density at radius 3 is 2.86 bits per heavy atom. The third kappa shape index (κ3) is 3.52. The summed E-state index contributed by atoms with van der Waals surface area (Å²) < 4.78 is 0. The van der Waals surface area contributed by atoms with Gasteiger partial charge in [0.25, 0.3) is 0 Å². The first kappa shape index (κ1) is 14.3. The molecular formula is C16H22N4O. The maximum absolute atomic E-state index is 9.62. The van der Waals surface area contributed by atoms with Crippen molar-refractivity contribution in [2.24, 2.45) is 5.92 Å². The van der Waals surface area contributed by atoms with Gasteiger partial charge in [0.15, 0.2) is 0 Å². The van der Waals surface area contributed by atoms with Crippen molar-refractivity contribution in [2.75, 3.05) is 37.6 Å². The number of aliphatic hydroxyl groups excluding tert-OH is 1. The first-order chi connectivity index (χ1) is 10.2. The highest BCUT2D eigenvalue weighted by atomic mass is 16.3. The van der Waals surface area contributed by atoms with E-state index in [0.29, 0.717) is 11.5 Å². The van der Waals surface area contributed by atoms with Crippen molar-refractivity contribution in [1.29, 1.82) is 5.26 Å². The van der Waals surface area contributed by atoms with E-state index < -0.39 is 0 Å². The molecule has 2 atom stereocenters. The molecule has 112 valence electrons. The standard InChI is InChI=1S/C16H22N4O/c17-8-13-3-4-16(18-9-13)20-6-1-2-14(11-20)10-19-7-5-15(21)12-19/h3-4,9,14-15,21H,1-2,5-7,10-12H2/t14-,15-/m0/s1. The molecule has 5 heteroatoms. The molecule has 0 aliphatic carbocycles. The summed E-state index contributed by atoms with van der Waals surface area (Å²) in [6.07, 6.45) is 4.86. The zero-order chi connectivity index (χ0) is 14.7. The van der Waals surface area contributed by atoms with Gasteiger partial charge in [0, 0.05) is 38.9 Å². The third-order valence-corrected chi connectivity index (χ3v) is 4.48. The monoisotopic (exact) mass is 286 g/mol. The van der Waals surface area contributed by atoms with Gasteiger partial charge in [-0.25, -0.2) is 4.98 Å². The van der Waals surface area contributed by atoms with Crippen LogP contribution in [0.3, 0.4) is 0 Å². The molecule has 1 N–H and O–H groups in total.